The van der Waals surface area contributed by atoms with Crippen molar-refractivity contribution in [2.24, 2.45) is 0 Å². The van der Waals surface area contributed by atoms with E-state index in [0.29, 0.717) is 30.9 Å². The molecule has 0 aliphatic carbocycles. The first kappa shape index (κ1) is 20.6. The number of carbonyl (C=O) groups excluding carboxylic acids is 1. The molecular weight excluding hydrogens is 384 g/mol. The van der Waals surface area contributed by atoms with Crippen LogP contribution in [0.25, 0.3) is 0 Å². The summed E-state index contributed by atoms with van der Waals surface area (Å²) >= 11 is 0. The Bertz CT molecular complexity index is 1010. The average molecular weight is 411 g/mol. The van der Waals surface area contributed by atoms with Gasteiger partial charge in [-0.3, -0.25) is 4.79 Å². The lowest BCUT2D eigenvalue weighted by atomic mass is 9.88. The number of carbonyl (C=O) groups is 1. The summed E-state index contributed by atoms with van der Waals surface area (Å²) in [6, 6.07) is 26.3. The van der Waals surface area contributed by atoms with E-state index in [2.05, 4.69) is 40.2 Å². The van der Waals surface area contributed by atoms with Gasteiger partial charge in [0.1, 0.15) is 11.9 Å². The number of anilines is 1. The van der Waals surface area contributed by atoms with Crippen LogP contribution in [-0.4, -0.2) is 42.0 Å². The maximum absolute atomic E-state index is 13.3. The quantitative estimate of drug-likeness (QED) is 0.632. The fourth-order valence-electron chi connectivity index (χ4n) is 4.22. The zero-order valence-corrected chi connectivity index (χ0v) is 17.5. The second-order valence-corrected chi connectivity index (χ2v) is 7.79. The summed E-state index contributed by atoms with van der Waals surface area (Å²) in [5.74, 6) is 0.919. The number of benzene rings is 2. The van der Waals surface area contributed by atoms with Gasteiger partial charge in [-0.2, -0.15) is 5.26 Å². The Kier molecular flexibility index (Phi) is 6.59. The summed E-state index contributed by atoms with van der Waals surface area (Å²) in [5.41, 5.74) is 2.90. The van der Waals surface area contributed by atoms with Crippen molar-refractivity contribution in [1.82, 2.24) is 9.88 Å². The number of amides is 1. The first-order chi connectivity index (χ1) is 15.3. The Hall–Kier alpha value is -3.65. The van der Waals surface area contributed by atoms with Gasteiger partial charge in [-0.1, -0.05) is 60.7 Å². The molecule has 0 saturated carbocycles. The molecule has 0 spiro atoms. The van der Waals surface area contributed by atoms with E-state index in [1.165, 1.54) is 0 Å². The molecule has 1 aromatic heterocycles. The lowest BCUT2D eigenvalue weighted by Gasteiger charge is -2.25. The summed E-state index contributed by atoms with van der Waals surface area (Å²) < 4.78 is 0. The molecule has 31 heavy (non-hydrogen) atoms. The number of nitrogens with zero attached hydrogens (tertiary/aromatic N) is 4. The molecule has 1 aliphatic rings. The van der Waals surface area contributed by atoms with Gasteiger partial charge in [-0.25, -0.2) is 4.98 Å². The van der Waals surface area contributed by atoms with Gasteiger partial charge >= 0.3 is 0 Å². The first-order valence-electron chi connectivity index (χ1n) is 10.7. The zero-order valence-electron chi connectivity index (χ0n) is 17.5. The van der Waals surface area contributed by atoms with Crippen LogP contribution in [0.1, 0.15) is 35.4 Å². The predicted molar refractivity (Wildman–Crippen MR) is 122 cm³/mol. The molecule has 2 aromatic carbocycles. The van der Waals surface area contributed by atoms with E-state index >= 15 is 0 Å². The maximum Gasteiger partial charge on any atom is 0.223 e. The van der Waals surface area contributed by atoms with Crippen LogP contribution in [0.4, 0.5) is 5.82 Å². The van der Waals surface area contributed by atoms with Crippen LogP contribution in [-0.2, 0) is 4.79 Å². The van der Waals surface area contributed by atoms with Crippen molar-refractivity contribution < 1.29 is 4.79 Å². The molecule has 5 nitrogen and oxygen atoms in total. The molecule has 1 saturated heterocycles. The lowest BCUT2D eigenvalue weighted by molar-refractivity contribution is -0.131. The van der Waals surface area contributed by atoms with Gasteiger partial charge in [-0.15, -0.1) is 0 Å². The molecule has 0 radical (unpaired) electrons. The smallest absolute Gasteiger partial charge is 0.223 e. The van der Waals surface area contributed by atoms with Gasteiger partial charge in [0.2, 0.25) is 5.91 Å². The third-order valence-corrected chi connectivity index (χ3v) is 5.84. The second kappa shape index (κ2) is 9.90. The molecule has 5 heteroatoms. The van der Waals surface area contributed by atoms with E-state index in [0.717, 1.165) is 30.6 Å². The Labute approximate surface area is 183 Å². The number of nitriles is 1. The second-order valence-electron chi connectivity index (χ2n) is 7.79. The average Bonchev–Trinajstić information content (AvgIpc) is 3.10. The highest BCUT2D eigenvalue weighted by Crippen LogP contribution is 2.29. The van der Waals surface area contributed by atoms with Crippen LogP contribution in [0.15, 0.2) is 79.0 Å². The molecule has 1 fully saturated rings. The molecule has 0 N–H and O–H groups in total. The highest BCUT2D eigenvalue weighted by molar-refractivity contribution is 5.78. The van der Waals surface area contributed by atoms with E-state index < -0.39 is 0 Å². The number of rotatable bonds is 5. The Balaban J connectivity index is 1.48. The van der Waals surface area contributed by atoms with E-state index in [1.54, 1.807) is 18.3 Å². The van der Waals surface area contributed by atoms with Gasteiger partial charge in [-0.05, 0) is 29.7 Å². The Morgan fingerprint density at radius 3 is 2.23 bits per heavy atom. The Morgan fingerprint density at radius 1 is 0.903 bits per heavy atom. The van der Waals surface area contributed by atoms with Crippen molar-refractivity contribution >= 4 is 11.7 Å². The predicted octanol–water partition coefficient (Wildman–Crippen LogP) is 4.21. The van der Waals surface area contributed by atoms with Crippen LogP contribution in [0, 0.1) is 11.3 Å². The molecule has 0 unspecified atom stereocenters. The van der Waals surface area contributed by atoms with Crippen molar-refractivity contribution in [3.63, 3.8) is 0 Å². The first-order valence-corrected chi connectivity index (χ1v) is 10.7. The monoisotopic (exact) mass is 410 g/mol. The maximum atomic E-state index is 13.3. The number of pyridine rings is 1. The largest absolute Gasteiger partial charge is 0.354 e. The molecule has 0 atom stereocenters. The van der Waals surface area contributed by atoms with Crippen LogP contribution < -0.4 is 4.90 Å². The standard InChI is InChI=1S/C26H26N4O/c27-20-23-13-7-14-28-26(23)30-16-8-15-29(17-18-30)25(31)19-24(21-9-3-1-4-10-21)22-11-5-2-6-12-22/h1-7,9-14,24H,8,15-19H2. The number of aromatic nitrogens is 1. The van der Waals surface area contributed by atoms with Gasteiger partial charge in [0, 0.05) is 44.7 Å². The summed E-state index contributed by atoms with van der Waals surface area (Å²) in [5, 5.41) is 9.39. The summed E-state index contributed by atoms with van der Waals surface area (Å²) in [7, 11) is 0. The van der Waals surface area contributed by atoms with Gasteiger partial charge < -0.3 is 9.80 Å². The minimum atomic E-state index is 0.0373. The van der Waals surface area contributed by atoms with E-state index in [1.807, 2.05) is 41.3 Å². The summed E-state index contributed by atoms with van der Waals surface area (Å²) in [4.78, 5) is 21.8. The zero-order chi connectivity index (χ0) is 21.5. The van der Waals surface area contributed by atoms with Gasteiger partial charge in [0.15, 0.2) is 0 Å². The van der Waals surface area contributed by atoms with Crippen molar-refractivity contribution in [2.75, 3.05) is 31.1 Å². The lowest BCUT2D eigenvalue weighted by Crippen LogP contribution is -2.36. The molecule has 156 valence electrons. The van der Waals surface area contributed by atoms with Crippen molar-refractivity contribution in [3.8, 4) is 6.07 Å². The van der Waals surface area contributed by atoms with Crippen molar-refractivity contribution in [2.45, 2.75) is 18.8 Å². The number of hydrogen-bond acceptors (Lipinski definition) is 4. The molecule has 4 rings (SSSR count). The molecular formula is C26H26N4O. The molecule has 1 amide bonds. The minimum absolute atomic E-state index is 0.0373. The third kappa shape index (κ3) is 4.92. The molecule has 3 aromatic rings. The fourth-order valence-corrected chi connectivity index (χ4v) is 4.22. The molecule has 1 aliphatic heterocycles. The number of hydrogen-bond donors (Lipinski definition) is 0. The minimum Gasteiger partial charge on any atom is -0.354 e. The van der Waals surface area contributed by atoms with Gasteiger partial charge in [0.05, 0.1) is 5.56 Å². The summed E-state index contributed by atoms with van der Waals surface area (Å²) in [6.45, 7) is 2.83. The van der Waals surface area contributed by atoms with Crippen molar-refractivity contribution in [3.05, 3.63) is 95.7 Å². The van der Waals surface area contributed by atoms with Crippen molar-refractivity contribution in [1.29, 1.82) is 5.26 Å². The highest BCUT2D eigenvalue weighted by atomic mass is 16.2. The normalized spacial score (nSPS) is 14.2. The summed E-state index contributed by atoms with van der Waals surface area (Å²) in [6.07, 6.45) is 3.02. The van der Waals surface area contributed by atoms with Crippen LogP contribution in [0.3, 0.4) is 0 Å². The van der Waals surface area contributed by atoms with Crippen LogP contribution in [0.2, 0.25) is 0 Å². The molecule has 2 heterocycles. The Morgan fingerprint density at radius 2 is 1.58 bits per heavy atom. The van der Waals surface area contributed by atoms with Crippen LogP contribution >= 0.6 is 0 Å². The topological polar surface area (TPSA) is 60.2 Å². The van der Waals surface area contributed by atoms with Gasteiger partial charge in [0.25, 0.3) is 0 Å². The third-order valence-electron chi connectivity index (χ3n) is 5.84. The van der Waals surface area contributed by atoms with E-state index in [9.17, 15) is 10.1 Å². The van der Waals surface area contributed by atoms with Crippen LogP contribution in [0.5, 0.6) is 0 Å². The molecule has 0 bridgehead atoms. The van der Waals surface area contributed by atoms with E-state index in [-0.39, 0.29) is 11.8 Å². The van der Waals surface area contributed by atoms with E-state index in [4.69, 9.17) is 0 Å². The fraction of sp³-hybridized carbons (Fsp3) is 0.269. The highest BCUT2D eigenvalue weighted by Gasteiger charge is 2.25. The SMILES string of the molecule is N#Cc1cccnc1N1CCCN(C(=O)CC(c2ccccc2)c2ccccc2)CC1.